The van der Waals surface area contributed by atoms with Gasteiger partial charge in [-0.1, -0.05) is 0 Å². The standard InChI is InChI=1S/C11H18N4O2/c1-3-17-11-8(12)4-5-9(15-11)14-7-6-10(16)13-2/h4-5H,3,6-7,12H2,1-2H3,(H,13,16)(H,14,15). The van der Waals surface area contributed by atoms with Gasteiger partial charge in [-0.05, 0) is 19.1 Å². The summed E-state index contributed by atoms with van der Waals surface area (Å²) in [5, 5.41) is 5.58. The fraction of sp³-hybridized carbons (Fsp3) is 0.455. The number of amides is 1. The molecule has 0 fully saturated rings. The number of nitrogens with one attached hydrogen (secondary N) is 2. The molecule has 1 aromatic heterocycles. The third-order valence-corrected chi connectivity index (χ3v) is 2.11. The monoisotopic (exact) mass is 238 g/mol. The van der Waals surface area contributed by atoms with Gasteiger partial charge in [0, 0.05) is 20.0 Å². The van der Waals surface area contributed by atoms with Gasteiger partial charge in [0.25, 0.3) is 0 Å². The molecule has 0 bridgehead atoms. The number of ether oxygens (including phenoxy) is 1. The molecule has 1 heterocycles. The lowest BCUT2D eigenvalue weighted by Crippen LogP contribution is -2.21. The molecule has 6 heteroatoms. The molecule has 0 unspecified atom stereocenters. The van der Waals surface area contributed by atoms with E-state index in [1.54, 1.807) is 19.2 Å². The molecule has 0 spiro atoms. The van der Waals surface area contributed by atoms with Crippen LogP contribution in [0.2, 0.25) is 0 Å². The third kappa shape index (κ3) is 4.18. The zero-order valence-corrected chi connectivity index (χ0v) is 10.1. The minimum absolute atomic E-state index is 0.0158. The molecule has 0 aliphatic carbocycles. The lowest BCUT2D eigenvalue weighted by atomic mass is 10.3. The first-order valence-corrected chi connectivity index (χ1v) is 5.51. The number of nitrogen functional groups attached to an aromatic ring is 1. The summed E-state index contributed by atoms with van der Waals surface area (Å²) in [5.74, 6) is 1.04. The number of rotatable bonds is 6. The van der Waals surface area contributed by atoms with Crippen molar-refractivity contribution in [2.75, 3.05) is 31.2 Å². The van der Waals surface area contributed by atoms with Gasteiger partial charge in [-0.3, -0.25) is 4.79 Å². The van der Waals surface area contributed by atoms with E-state index in [1.807, 2.05) is 6.92 Å². The summed E-state index contributed by atoms with van der Waals surface area (Å²) in [7, 11) is 1.61. The van der Waals surface area contributed by atoms with E-state index in [4.69, 9.17) is 10.5 Å². The Bertz CT molecular complexity index is 382. The Hall–Kier alpha value is -1.98. The molecule has 1 aromatic rings. The summed E-state index contributed by atoms with van der Waals surface area (Å²) in [6.07, 6.45) is 0.395. The number of nitrogens with zero attached hydrogens (tertiary/aromatic N) is 1. The maximum Gasteiger partial charge on any atom is 0.239 e. The van der Waals surface area contributed by atoms with Gasteiger partial charge in [-0.25, -0.2) is 0 Å². The molecule has 0 aromatic carbocycles. The minimum Gasteiger partial charge on any atom is -0.476 e. The Kier molecular flexibility index (Phi) is 5.06. The molecule has 0 aliphatic heterocycles. The average Bonchev–Trinajstić information content (AvgIpc) is 2.33. The van der Waals surface area contributed by atoms with Crippen LogP contribution in [0.1, 0.15) is 13.3 Å². The normalized spacial score (nSPS) is 9.76. The van der Waals surface area contributed by atoms with Crippen molar-refractivity contribution in [1.82, 2.24) is 10.3 Å². The number of pyridine rings is 1. The molecular weight excluding hydrogens is 220 g/mol. The van der Waals surface area contributed by atoms with Crippen molar-refractivity contribution in [3.05, 3.63) is 12.1 Å². The topological polar surface area (TPSA) is 89.3 Å². The van der Waals surface area contributed by atoms with Crippen molar-refractivity contribution in [2.24, 2.45) is 0 Å². The second-order valence-electron chi connectivity index (χ2n) is 3.37. The van der Waals surface area contributed by atoms with Crippen LogP contribution in [0, 0.1) is 0 Å². The molecule has 1 rings (SSSR count). The second kappa shape index (κ2) is 6.57. The Morgan fingerprint density at radius 2 is 2.29 bits per heavy atom. The van der Waals surface area contributed by atoms with Gasteiger partial charge in [0.15, 0.2) is 0 Å². The maximum absolute atomic E-state index is 11.0. The highest BCUT2D eigenvalue weighted by molar-refractivity contribution is 5.76. The van der Waals surface area contributed by atoms with Crippen LogP contribution in [0.3, 0.4) is 0 Å². The zero-order chi connectivity index (χ0) is 12.7. The lowest BCUT2D eigenvalue weighted by molar-refractivity contribution is -0.120. The van der Waals surface area contributed by atoms with Gasteiger partial charge < -0.3 is 21.1 Å². The molecule has 6 nitrogen and oxygen atoms in total. The minimum atomic E-state index is -0.0158. The van der Waals surface area contributed by atoms with Crippen molar-refractivity contribution < 1.29 is 9.53 Å². The zero-order valence-electron chi connectivity index (χ0n) is 10.1. The summed E-state index contributed by atoms with van der Waals surface area (Å²) >= 11 is 0. The molecule has 1 amide bonds. The third-order valence-electron chi connectivity index (χ3n) is 2.11. The molecule has 0 aliphatic rings. The van der Waals surface area contributed by atoms with Crippen molar-refractivity contribution >= 4 is 17.4 Å². The molecule has 0 saturated carbocycles. The fourth-order valence-corrected chi connectivity index (χ4v) is 1.23. The van der Waals surface area contributed by atoms with Gasteiger partial charge in [0.1, 0.15) is 5.82 Å². The number of anilines is 2. The maximum atomic E-state index is 11.0. The Morgan fingerprint density at radius 1 is 1.53 bits per heavy atom. The quantitative estimate of drug-likeness (QED) is 0.675. The summed E-state index contributed by atoms with van der Waals surface area (Å²) < 4.78 is 5.27. The fourth-order valence-electron chi connectivity index (χ4n) is 1.23. The van der Waals surface area contributed by atoms with Crippen LogP contribution in [0.25, 0.3) is 0 Å². The molecule has 94 valence electrons. The summed E-state index contributed by atoms with van der Waals surface area (Å²) in [4.78, 5) is 15.2. The SMILES string of the molecule is CCOc1nc(NCCC(=O)NC)ccc1N. The van der Waals surface area contributed by atoms with Crippen molar-refractivity contribution in [2.45, 2.75) is 13.3 Å². The number of hydrogen-bond acceptors (Lipinski definition) is 5. The Labute approximate surface area is 101 Å². The molecule has 0 atom stereocenters. The van der Waals surface area contributed by atoms with Crippen LogP contribution in [0.5, 0.6) is 5.88 Å². The first-order chi connectivity index (χ1) is 8.17. The van der Waals surface area contributed by atoms with E-state index in [9.17, 15) is 4.79 Å². The van der Waals surface area contributed by atoms with Crippen molar-refractivity contribution in [1.29, 1.82) is 0 Å². The number of nitrogens with two attached hydrogens (primary N) is 1. The van der Waals surface area contributed by atoms with Crippen molar-refractivity contribution in [3.8, 4) is 5.88 Å². The first-order valence-electron chi connectivity index (χ1n) is 5.51. The molecule has 0 radical (unpaired) electrons. The van der Waals surface area contributed by atoms with Gasteiger partial charge >= 0.3 is 0 Å². The van der Waals surface area contributed by atoms with E-state index in [0.717, 1.165) is 0 Å². The number of carbonyl (C=O) groups excluding carboxylic acids is 1. The highest BCUT2D eigenvalue weighted by atomic mass is 16.5. The van der Waals surface area contributed by atoms with E-state index in [-0.39, 0.29) is 5.91 Å². The van der Waals surface area contributed by atoms with Crippen LogP contribution in [-0.2, 0) is 4.79 Å². The van der Waals surface area contributed by atoms with E-state index in [0.29, 0.717) is 37.0 Å². The van der Waals surface area contributed by atoms with Crippen LogP contribution < -0.4 is 21.1 Å². The van der Waals surface area contributed by atoms with Crippen molar-refractivity contribution in [3.63, 3.8) is 0 Å². The average molecular weight is 238 g/mol. The highest BCUT2D eigenvalue weighted by Gasteiger charge is 2.04. The van der Waals surface area contributed by atoms with E-state index >= 15 is 0 Å². The molecule has 4 N–H and O–H groups in total. The van der Waals surface area contributed by atoms with Gasteiger partial charge in [0.05, 0.1) is 12.3 Å². The van der Waals surface area contributed by atoms with Crippen LogP contribution in [-0.4, -0.2) is 31.1 Å². The van der Waals surface area contributed by atoms with E-state index < -0.39 is 0 Å². The summed E-state index contributed by atoms with van der Waals surface area (Å²) in [6.45, 7) is 2.90. The number of carbonyl (C=O) groups is 1. The van der Waals surface area contributed by atoms with Gasteiger partial charge in [0.2, 0.25) is 11.8 Å². The summed E-state index contributed by atoms with van der Waals surface area (Å²) in [5.41, 5.74) is 6.20. The van der Waals surface area contributed by atoms with Gasteiger partial charge in [-0.15, -0.1) is 0 Å². The smallest absolute Gasteiger partial charge is 0.239 e. The Balaban J connectivity index is 2.53. The van der Waals surface area contributed by atoms with E-state index in [2.05, 4.69) is 15.6 Å². The van der Waals surface area contributed by atoms with Crippen LogP contribution in [0.4, 0.5) is 11.5 Å². The second-order valence-corrected chi connectivity index (χ2v) is 3.37. The highest BCUT2D eigenvalue weighted by Crippen LogP contribution is 2.20. The first kappa shape index (κ1) is 13.1. The largest absolute Gasteiger partial charge is 0.476 e. The number of hydrogen-bond donors (Lipinski definition) is 3. The molecule has 17 heavy (non-hydrogen) atoms. The van der Waals surface area contributed by atoms with Gasteiger partial charge in [-0.2, -0.15) is 4.98 Å². The predicted molar refractivity (Wildman–Crippen MR) is 67.0 cm³/mol. The Morgan fingerprint density at radius 3 is 2.94 bits per heavy atom. The van der Waals surface area contributed by atoms with E-state index in [1.165, 1.54) is 0 Å². The van der Waals surface area contributed by atoms with Crippen LogP contribution >= 0.6 is 0 Å². The lowest BCUT2D eigenvalue weighted by Gasteiger charge is -2.09. The molecule has 0 saturated heterocycles. The predicted octanol–water partition coefficient (Wildman–Crippen LogP) is 0.610. The summed E-state index contributed by atoms with van der Waals surface area (Å²) in [6, 6.07) is 3.47. The number of aromatic nitrogens is 1. The molecular formula is C11H18N4O2. The van der Waals surface area contributed by atoms with Crippen LogP contribution in [0.15, 0.2) is 12.1 Å².